The number of rotatable bonds is 10. The zero-order chi connectivity index (χ0) is 18.6. The van der Waals surface area contributed by atoms with Crippen LogP contribution in [0.3, 0.4) is 0 Å². The molecule has 2 aromatic rings. The van der Waals surface area contributed by atoms with Crippen molar-refractivity contribution in [1.82, 2.24) is 9.97 Å². The summed E-state index contributed by atoms with van der Waals surface area (Å²) in [5.41, 5.74) is 1.46. The van der Waals surface area contributed by atoms with Gasteiger partial charge < -0.3 is 9.47 Å². The Hall–Kier alpha value is -3.20. The number of unbranched alkanes of at least 4 members (excludes halogenated alkanes) is 3. The number of hydrogen-bond acceptors (Lipinski definition) is 6. The average Bonchev–Trinajstić information content (AvgIpc) is 2.70. The van der Waals surface area contributed by atoms with Crippen molar-refractivity contribution in [3.63, 3.8) is 0 Å². The van der Waals surface area contributed by atoms with E-state index < -0.39 is 0 Å². The summed E-state index contributed by atoms with van der Waals surface area (Å²) in [5, 5.41) is 8.81. The van der Waals surface area contributed by atoms with Crippen LogP contribution in [-0.4, -0.2) is 29.2 Å². The number of nitrogens with zero attached hydrogens (tertiary/aromatic N) is 3. The first-order valence-electron chi connectivity index (χ1n) is 8.47. The Morgan fingerprint density at radius 1 is 1.08 bits per heavy atom. The van der Waals surface area contributed by atoms with Gasteiger partial charge >= 0.3 is 5.97 Å². The Morgan fingerprint density at radius 3 is 2.35 bits per heavy atom. The van der Waals surface area contributed by atoms with E-state index in [1.165, 1.54) is 6.08 Å². The molecule has 0 atom stereocenters. The van der Waals surface area contributed by atoms with Gasteiger partial charge in [0.05, 0.1) is 37.2 Å². The number of esters is 1. The summed E-state index contributed by atoms with van der Waals surface area (Å²) in [6.07, 6.45) is 8.18. The summed E-state index contributed by atoms with van der Waals surface area (Å²) in [7, 11) is 0. The molecular weight excluding hydrogens is 330 g/mol. The lowest BCUT2D eigenvalue weighted by Crippen LogP contribution is -2.02. The van der Waals surface area contributed by atoms with E-state index in [2.05, 4.69) is 22.6 Å². The first kappa shape index (κ1) is 19.1. The third-order valence-electron chi connectivity index (χ3n) is 3.62. The largest absolute Gasteiger partial charge is 0.490 e. The van der Waals surface area contributed by atoms with Gasteiger partial charge in [-0.15, -0.1) is 0 Å². The molecule has 0 fully saturated rings. The molecule has 1 heterocycles. The fraction of sp³-hybridized carbons (Fsp3) is 0.300. The molecule has 6 nitrogen and oxygen atoms in total. The van der Waals surface area contributed by atoms with E-state index >= 15 is 0 Å². The molecule has 0 spiro atoms. The molecular formula is C20H21N3O3. The highest BCUT2D eigenvalue weighted by molar-refractivity contribution is 5.81. The number of nitriles is 1. The molecule has 0 bridgehead atoms. The van der Waals surface area contributed by atoms with Gasteiger partial charge in [-0.05, 0) is 49.9 Å². The first-order chi connectivity index (χ1) is 12.7. The number of aromatic nitrogens is 2. The zero-order valence-corrected chi connectivity index (χ0v) is 14.6. The van der Waals surface area contributed by atoms with Crippen LogP contribution in [-0.2, 0) is 9.53 Å². The van der Waals surface area contributed by atoms with Gasteiger partial charge in [0.2, 0.25) is 0 Å². The number of hydrogen-bond donors (Lipinski definition) is 0. The maximum atomic E-state index is 10.9. The van der Waals surface area contributed by atoms with Gasteiger partial charge in [-0.2, -0.15) is 5.26 Å². The molecule has 0 saturated carbocycles. The van der Waals surface area contributed by atoms with Crippen molar-refractivity contribution in [1.29, 1.82) is 5.26 Å². The van der Waals surface area contributed by atoms with E-state index in [9.17, 15) is 4.79 Å². The molecule has 1 aromatic carbocycles. The molecule has 6 heteroatoms. The van der Waals surface area contributed by atoms with Gasteiger partial charge in [-0.3, -0.25) is 0 Å². The fourth-order valence-corrected chi connectivity index (χ4v) is 2.21. The molecule has 26 heavy (non-hydrogen) atoms. The van der Waals surface area contributed by atoms with Crippen molar-refractivity contribution in [2.45, 2.75) is 25.7 Å². The SMILES string of the molecule is C=CC(=O)OCCCCCCOc1cnc(-c2ccc(C#N)cc2)nc1. The van der Waals surface area contributed by atoms with Crippen LogP contribution >= 0.6 is 0 Å². The van der Waals surface area contributed by atoms with Crippen LogP contribution in [0.25, 0.3) is 11.4 Å². The number of benzene rings is 1. The Morgan fingerprint density at radius 2 is 1.73 bits per heavy atom. The molecule has 0 aliphatic heterocycles. The van der Waals surface area contributed by atoms with Crippen LogP contribution in [0.1, 0.15) is 31.2 Å². The van der Waals surface area contributed by atoms with Crippen LogP contribution in [0.4, 0.5) is 0 Å². The van der Waals surface area contributed by atoms with E-state index in [1.807, 2.05) is 12.1 Å². The normalized spacial score (nSPS) is 9.96. The fourth-order valence-electron chi connectivity index (χ4n) is 2.21. The lowest BCUT2D eigenvalue weighted by molar-refractivity contribution is -0.137. The van der Waals surface area contributed by atoms with Crippen molar-refractivity contribution >= 4 is 5.97 Å². The average molecular weight is 351 g/mol. The molecule has 0 aliphatic rings. The first-order valence-corrected chi connectivity index (χ1v) is 8.47. The van der Waals surface area contributed by atoms with Crippen LogP contribution in [0.15, 0.2) is 49.3 Å². The summed E-state index contributed by atoms with van der Waals surface area (Å²) in [4.78, 5) is 19.4. The standard InChI is InChI=1S/C20H21N3O3/c1-2-19(24)26-12-6-4-3-5-11-25-18-14-22-20(23-15-18)17-9-7-16(13-21)8-10-17/h2,7-10,14-15H,1,3-6,11-12H2. The minimum Gasteiger partial charge on any atom is -0.490 e. The van der Waals surface area contributed by atoms with Crippen LogP contribution in [0, 0.1) is 11.3 Å². The van der Waals surface area contributed by atoms with E-state index in [0.717, 1.165) is 31.2 Å². The molecule has 0 unspecified atom stereocenters. The zero-order valence-electron chi connectivity index (χ0n) is 14.6. The molecule has 2 rings (SSSR count). The third-order valence-corrected chi connectivity index (χ3v) is 3.62. The summed E-state index contributed by atoms with van der Waals surface area (Å²) in [6.45, 7) is 4.36. The molecule has 0 aliphatic carbocycles. The number of carbonyl (C=O) groups is 1. The predicted octanol–water partition coefficient (Wildman–Crippen LogP) is 3.68. The van der Waals surface area contributed by atoms with E-state index in [1.54, 1.807) is 24.5 Å². The van der Waals surface area contributed by atoms with Gasteiger partial charge in [0.15, 0.2) is 11.6 Å². The van der Waals surface area contributed by atoms with Gasteiger partial charge in [0.1, 0.15) is 0 Å². The molecule has 0 amide bonds. The van der Waals surface area contributed by atoms with Crippen molar-refractivity contribution in [3.05, 3.63) is 54.9 Å². The van der Waals surface area contributed by atoms with Crippen molar-refractivity contribution in [2.24, 2.45) is 0 Å². The van der Waals surface area contributed by atoms with Crippen molar-refractivity contribution < 1.29 is 14.3 Å². The summed E-state index contributed by atoms with van der Waals surface area (Å²) in [6, 6.07) is 9.20. The highest BCUT2D eigenvalue weighted by Gasteiger charge is 2.03. The quantitative estimate of drug-likeness (QED) is 0.369. The molecule has 134 valence electrons. The van der Waals surface area contributed by atoms with E-state index in [0.29, 0.717) is 30.4 Å². The summed E-state index contributed by atoms with van der Waals surface area (Å²) < 4.78 is 10.5. The van der Waals surface area contributed by atoms with Crippen LogP contribution in [0.5, 0.6) is 5.75 Å². The Labute approximate surface area is 153 Å². The lowest BCUT2D eigenvalue weighted by Gasteiger charge is -2.06. The number of carbonyl (C=O) groups excluding carboxylic acids is 1. The monoisotopic (exact) mass is 351 g/mol. The third kappa shape index (κ3) is 6.36. The Bertz CT molecular complexity index is 749. The van der Waals surface area contributed by atoms with Gasteiger partial charge in [-0.1, -0.05) is 6.58 Å². The van der Waals surface area contributed by atoms with Crippen molar-refractivity contribution in [3.8, 4) is 23.2 Å². The molecule has 1 aromatic heterocycles. The van der Waals surface area contributed by atoms with Crippen LogP contribution in [0.2, 0.25) is 0 Å². The molecule has 0 saturated heterocycles. The highest BCUT2D eigenvalue weighted by Crippen LogP contribution is 2.17. The Kier molecular flexibility index (Phi) is 7.81. The predicted molar refractivity (Wildman–Crippen MR) is 97.3 cm³/mol. The maximum Gasteiger partial charge on any atom is 0.330 e. The molecule has 0 N–H and O–H groups in total. The second kappa shape index (κ2) is 10.6. The van der Waals surface area contributed by atoms with E-state index in [4.69, 9.17) is 14.7 Å². The lowest BCUT2D eigenvalue weighted by atomic mass is 10.1. The second-order valence-corrected chi connectivity index (χ2v) is 5.57. The summed E-state index contributed by atoms with van der Waals surface area (Å²) >= 11 is 0. The van der Waals surface area contributed by atoms with Gasteiger partial charge in [-0.25, -0.2) is 14.8 Å². The Balaban J connectivity index is 1.65. The maximum absolute atomic E-state index is 10.9. The summed E-state index contributed by atoms with van der Waals surface area (Å²) in [5.74, 6) is 0.844. The highest BCUT2D eigenvalue weighted by atomic mass is 16.5. The van der Waals surface area contributed by atoms with Gasteiger partial charge in [0, 0.05) is 11.6 Å². The molecule has 0 radical (unpaired) electrons. The topological polar surface area (TPSA) is 85.1 Å². The van der Waals surface area contributed by atoms with Gasteiger partial charge in [0.25, 0.3) is 0 Å². The smallest absolute Gasteiger partial charge is 0.330 e. The second-order valence-electron chi connectivity index (χ2n) is 5.57. The van der Waals surface area contributed by atoms with E-state index in [-0.39, 0.29) is 5.97 Å². The number of ether oxygens (including phenoxy) is 2. The van der Waals surface area contributed by atoms with Crippen molar-refractivity contribution in [2.75, 3.05) is 13.2 Å². The minimum absolute atomic E-state index is 0.377. The van der Waals surface area contributed by atoms with Crippen LogP contribution < -0.4 is 4.74 Å². The minimum atomic E-state index is -0.377.